The zero-order valence-corrected chi connectivity index (χ0v) is 11.5. The van der Waals surface area contributed by atoms with E-state index < -0.39 is 0 Å². The quantitative estimate of drug-likeness (QED) is 0.758. The van der Waals surface area contributed by atoms with E-state index >= 15 is 0 Å². The molecule has 1 amide bonds. The van der Waals surface area contributed by atoms with Gasteiger partial charge in [0, 0.05) is 6.54 Å². The van der Waals surface area contributed by atoms with Crippen LogP contribution in [0.4, 0.5) is 0 Å². The van der Waals surface area contributed by atoms with Crippen molar-refractivity contribution in [3.63, 3.8) is 0 Å². The highest BCUT2D eigenvalue weighted by Gasteiger charge is 2.28. The van der Waals surface area contributed by atoms with Crippen molar-refractivity contribution >= 4 is 5.91 Å². The molecule has 0 spiro atoms. The van der Waals surface area contributed by atoms with Gasteiger partial charge in [-0.2, -0.15) is 0 Å². The molecule has 0 atom stereocenters. The van der Waals surface area contributed by atoms with Gasteiger partial charge in [0.1, 0.15) is 5.75 Å². The average molecular weight is 257 g/mol. The second-order valence-corrected chi connectivity index (χ2v) is 5.04. The molecule has 1 saturated carbocycles. The Morgan fingerprint density at radius 1 is 1.53 bits per heavy atom. The number of aryl methyl sites for hydroxylation is 1. The van der Waals surface area contributed by atoms with E-state index in [1.54, 1.807) is 12.0 Å². The molecule has 1 aliphatic carbocycles. The molecule has 2 rings (SSSR count). The molecule has 0 radical (unpaired) electrons. The highest BCUT2D eigenvalue weighted by molar-refractivity contribution is 5.97. The summed E-state index contributed by atoms with van der Waals surface area (Å²) in [5, 5.41) is 0. The fraction of sp³-hybridized carbons (Fsp3) is 0.438. The number of carbonyl (C=O) groups excluding carboxylic acids is 1. The van der Waals surface area contributed by atoms with Gasteiger partial charge in [-0.25, -0.2) is 0 Å². The Kier molecular flexibility index (Phi) is 4.11. The van der Waals surface area contributed by atoms with E-state index in [1.165, 1.54) is 12.8 Å². The number of terminal acetylenes is 1. The van der Waals surface area contributed by atoms with Crippen LogP contribution in [0, 0.1) is 25.2 Å². The van der Waals surface area contributed by atoms with Crippen molar-refractivity contribution < 1.29 is 9.53 Å². The van der Waals surface area contributed by atoms with Gasteiger partial charge in [-0.3, -0.25) is 4.79 Å². The Balaban J connectivity index is 2.24. The Hall–Kier alpha value is -1.95. The maximum absolute atomic E-state index is 12.6. The molecule has 1 aromatic rings. The van der Waals surface area contributed by atoms with Gasteiger partial charge in [0.2, 0.25) is 0 Å². The number of benzene rings is 1. The molecule has 1 aliphatic rings. The van der Waals surface area contributed by atoms with Crippen LogP contribution in [0.3, 0.4) is 0 Å². The molecule has 0 heterocycles. The third-order valence-electron chi connectivity index (χ3n) is 3.33. The minimum Gasteiger partial charge on any atom is -0.496 e. The smallest absolute Gasteiger partial charge is 0.258 e. The van der Waals surface area contributed by atoms with Crippen LogP contribution in [0.25, 0.3) is 0 Å². The fourth-order valence-electron chi connectivity index (χ4n) is 2.10. The number of nitrogens with zero attached hydrogens (tertiary/aromatic N) is 1. The van der Waals surface area contributed by atoms with Crippen molar-refractivity contribution in [1.82, 2.24) is 4.90 Å². The van der Waals surface area contributed by atoms with Crippen molar-refractivity contribution in [2.45, 2.75) is 19.8 Å². The van der Waals surface area contributed by atoms with E-state index in [2.05, 4.69) is 5.92 Å². The molecule has 1 aromatic carbocycles. The summed E-state index contributed by atoms with van der Waals surface area (Å²) in [5.41, 5.74) is 1.63. The van der Waals surface area contributed by atoms with E-state index in [4.69, 9.17) is 11.2 Å². The molecule has 0 unspecified atom stereocenters. The predicted molar refractivity (Wildman–Crippen MR) is 75.2 cm³/mol. The van der Waals surface area contributed by atoms with Crippen molar-refractivity contribution in [3.05, 3.63) is 29.3 Å². The number of amides is 1. The number of carbonyl (C=O) groups is 1. The van der Waals surface area contributed by atoms with E-state index in [0.717, 1.165) is 12.1 Å². The Morgan fingerprint density at radius 2 is 2.26 bits per heavy atom. The zero-order valence-electron chi connectivity index (χ0n) is 11.5. The second-order valence-electron chi connectivity index (χ2n) is 5.04. The Labute approximate surface area is 114 Å². The standard InChI is InChI=1S/C16H19NO2/c1-4-9-17(11-13-6-7-13)16(18)14-10-12(2)5-8-15(14)19-3/h1,5,8,10,13H,6-7,9,11H2,2-3H3. The molecule has 3 nitrogen and oxygen atoms in total. The highest BCUT2D eigenvalue weighted by Crippen LogP contribution is 2.31. The van der Waals surface area contributed by atoms with Crippen molar-refractivity contribution in [2.24, 2.45) is 5.92 Å². The number of hydrogen-bond donors (Lipinski definition) is 0. The minimum absolute atomic E-state index is 0.0367. The Morgan fingerprint density at radius 3 is 2.84 bits per heavy atom. The fourth-order valence-corrected chi connectivity index (χ4v) is 2.10. The summed E-state index contributed by atoms with van der Waals surface area (Å²) in [7, 11) is 1.58. The summed E-state index contributed by atoms with van der Waals surface area (Å²) >= 11 is 0. The lowest BCUT2D eigenvalue weighted by Crippen LogP contribution is -2.33. The first kappa shape index (κ1) is 13.5. The molecule has 3 heteroatoms. The average Bonchev–Trinajstić information content (AvgIpc) is 3.21. The molecule has 0 aromatic heterocycles. The normalized spacial score (nSPS) is 13.7. The summed E-state index contributed by atoms with van der Waals surface area (Å²) in [5.74, 6) is 3.75. The lowest BCUT2D eigenvalue weighted by molar-refractivity contribution is 0.0766. The molecule has 0 bridgehead atoms. The van der Waals surface area contributed by atoms with Gasteiger partial charge in [0.15, 0.2) is 0 Å². The van der Waals surface area contributed by atoms with E-state index in [1.807, 2.05) is 25.1 Å². The third-order valence-corrected chi connectivity index (χ3v) is 3.33. The van der Waals surface area contributed by atoms with Crippen molar-refractivity contribution in [3.8, 4) is 18.1 Å². The van der Waals surface area contributed by atoms with Gasteiger partial charge < -0.3 is 9.64 Å². The van der Waals surface area contributed by atoms with Crippen LogP contribution in [-0.4, -0.2) is 31.0 Å². The summed E-state index contributed by atoms with van der Waals surface area (Å²) in [4.78, 5) is 14.3. The molecule has 0 saturated heterocycles. The molecule has 100 valence electrons. The van der Waals surface area contributed by atoms with Crippen LogP contribution in [0.15, 0.2) is 18.2 Å². The topological polar surface area (TPSA) is 29.5 Å². The third kappa shape index (κ3) is 3.29. The molecule has 1 fully saturated rings. The summed E-state index contributed by atoms with van der Waals surface area (Å²) in [6.07, 6.45) is 7.75. The van der Waals surface area contributed by atoms with Crippen molar-refractivity contribution in [1.29, 1.82) is 0 Å². The van der Waals surface area contributed by atoms with Crippen LogP contribution < -0.4 is 4.74 Å². The number of methoxy groups -OCH3 is 1. The van der Waals surface area contributed by atoms with Gasteiger partial charge in [-0.1, -0.05) is 17.6 Å². The maximum atomic E-state index is 12.6. The monoisotopic (exact) mass is 257 g/mol. The first-order valence-electron chi connectivity index (χ1n) is 6.53. The molecular weight excluding hydrogens is 238 g/mol. The largest absolute Gasteiger partial charge is 0.496 e. The molecule has 0 aliphatic heterocycles. The first-order chi connectivity index (χ1) is 9.15. The van der Waals surface area contributed by atoms with E-state index in [0.29, 0.717) is 23.8 Å². The van der Waals surface area contributed by atoms with Crippen LogP contribution in [0.1, 0.15) is 28.8 Å². The van der Waals surface area contributed by atoms with Gasteiger partial charge in [-0.15, -0.1) is 6.42 Å². The van der Waals surface area contributed by atoms with Gasteiger partial charge >= 0.3 is 0 Å². The SMILES string of the molecule is C#CCN(CC1CC1)C(=O)c1cc(C)ccc1OC. The number of ether oxygens (including phenoxy) is 1. The highest BCUT2D eigenvalue weighted by atomic mass is 16.5. The number of hydrogen-bond acceptors (Lipinski definition) is 2. The van der Waals surface area contributed by atoms with Gasteiger partial charge in [0.05, 0.1) is 19.2 Å². The zero-order chi connectivity index (χ0) is 13.8. The molecule has 0 N–H and O–H groups in total. The summed E-state index contributed by atoms with van der Waals surface area (Å²) in [6, 6.07) is 5.62. The predicted octanol–water partition coefficient (Wildman–Crippen LogP) is 2.49. The summed E-state index contributed by atoms with van der Waals surface area (Å²) < 4.78 is 5.27. The van der Waals surface area contributed by atoms with Gasteiger partial charge in [-0.05, 0) is 37.8 Å². The lowest BCUT2D eigenvalue weighted by Gasteiger charge is -2.21. The minimum atomic E-state index is -0.0367. The van der Waals surface area contributed by atoms with Crippen LogP contribution in [0.2, 0.25) is 0 Å². The van der Waals surface area contributed by atoms with Crippen LogP contribution in [0.5, 0.6) is 5.75 Å². The molecular formula is C16H19NO2. The van der Waals surface area contributed by atoms with Crippen LogP contribution in [-0.2, 0) is 0 Å². The maximum Gasteiger partial charge on any atom is 0.258 e. The van der Waals surface area contributed by atoms with Gasteiger partial charge in [0.25, 0.3) is 5.91 Å². The number of rotatable bonds is 5. The first-order valence-corrected chi connectivity index (χ1v) is 6.53. The van der Waals surface area contributed by atoms with Crippen LogP contribution >= 0.6 is 0 Å². The summed E-state index contributed by atoms with van der Waals surface area (Å²) in [6.45, 7) is 3.06. The Bertz CT molecular complexity index is 512. The van der Waals surface area contributed by atoms with E-state index in [-0.39, 0.29) is 5.91 Å². The molecule has 19 heavy (non-hydrogen) atoms. The van der Waals surface area contributed by atoms with E-state index in [9.17, 15) is 4.79 Å². The lowest BCUT2D eigenvalue weighted by atomic mass is 10.1. The second kappa shape index (κ2) is 5.79. The van der Waals surface area contributed by atoms with Crippen molar-refractivity contribution in [2.75, 3.05) is 20.2 Å².